The molecule has 1 saturated carbocycles. The van der Waals surface area contributed by atoms with Crippen molar-refractivity contribution in [2.24, 2.45) is 0 Å². The molecule has 1 aliphatic rings. The Morgan fingerprint density at radius 2 is 1.74 bits per heavy atom. The molecule has 0 heterocycles. The molecule has 0 bridgehead atoms. The van der Waals surface area contributed by atoms with Crippen molar-refractivity contribution in [2.45, 2.75) is 57.6 Å². The Morgan fingerprint density at radius 1 is 1.13 bits per heavy atom. The van der Waals surface area contributed by atoms with E-state index in [1.807, 2.05) is 31.2 Å². The van der Waals surface area contributed by atoms with Gasteiger partial charge in [0, 0.05) is 25.4 Å². The minimum Gasteiger partial charge on any atom is -0.387 e. The molecule has 126 valence electrons. The van der Waals surface area contributed by atoms with Crippen LogP contribution in [0.1, 0.15) is 55.8 Å². The van der Waals surface area contributed by atoms with Gasteiger partial charge in [-0.05, 0) is 25.3 Å². The molecule has 5 nitrogen and oxygen atoms in total. The predicted octanol–water partition coefficient (Wildman–Crippen LogP) is 1.98. The van der Waals surface area contributed by atoms with E-state index in [-0.39, 0.29) is 37.2 Å². The van der Waals surface area contributed by atoms with Crippen molar-refractivity contribution < 1.29 is 14.7 Å². The minimum absolute atomic E-state index is 0.0638. The number of nitrogens with one attached hydrogen (secondary N) is 2. The number of hydrogen-bond acceptors (Lipinski definition) is 3. The summed E-state index contributed by atoms with van der Waals surface area (Å²) in [5, 5.41) is 15.7. The van der Waals surface area contributed by atoms with Gasteiger partial charge in [-0.25, -0.2) is 0 Å². The maximum atomic E-state index is 11.8. The number of carbonyl (C=O) groups is 2. The third-order valence-electron chi connectivity index (χ3n) is 4.25. The van der Waals surface area contributed by atoms with Crippen LogP contribution in [-0.4, -0.2) is 29.5 Å². The Balaban J connectivity index is 1.64. The highest BCUT2D eigenvalue weighted by Crippen LogP contribution is 2.17. The SMILES string of the molecule is Cc1ccc(C(O)CNC(=O)CCC(=O)NC2CCCC2)cc1. The summed E-state index contributed by atoms with van der Waals surface area (Å²) in [5.74, 6) is -0.274. The van der Waals surface area contributed by atoms with Crippen LogP contribution in [0.3, 0.4) is 0 Å². The van der Waals surface area contributed by atoms with Crippen LogP contribution in [0.2, 0.25) is 0 Å². The quantitative estimate of drug-likeness (QED) is 0.719. The van der Waals surface area contributed by atoms with Crippen LogP contribution in [0.25, 0.3) is 0 Å². The largest absolute Gasteiger partial charge is 0.387 e. The molecule has 1 unspecified atom stereocenters. The lowest BCUT2D eigenvalue weighted by atomic mass is 10.1. The fourth-order valence-corrected chi connectivity index (χ4v) is 2.80. The van der Waals surface area contributed by atoms with E-state index in [9.17, 15) is 14.7 Å². The molecule has 1 fully saturated rings. The van der Waals surface area contributed by atoms with Crippen molar-refractivity contribution in [1.82, 2.24) is 10.6 Å². The first-order chi connectivity index (χ1) is 11.0. The molecule has 0 aromatic heterocycles. The van der Waals surface area contributed by atoms with Gasteiger partial charge in [0.15, 0.2) is 0 Å². The summed E-state index contributed by atoms with van der Waals surface area (Å²) in [6.07, 6.45) is 4.04. The van der Waals surface area contributed by atoms with Gasteiger partial charge in [-0.3, -0.25) is 9.59 Å². The maximum Gasteiger partial charge on any atom is 0.220 e. The van der Waals surface area contributed by atoms with Crippen LogP contribution in [0.15, 0.2) is 24.3 Å². The molecular formula is C18H26N2O3. The second-order valence-corrected chi connectivity index (χ2v) is 6.28. The van der Waals surface area contributed by atoms with Gasteiger partial charge in [0.2, 0.25) is 11.8 Å². The molecule has 0 aliphatic heterocycles. The topological polar surface area (TPSA) is 78.4 Å². The van der Waals surface area contributed by atoms with E-state index in [4.69, 9.17) is 0 Å². The van der Waals surface area contributed by atoms with Crippen molar-refractivity contribution in [3.05, 3.63) is 35.4 Å². The van der Waals surface area contributed by atoms with Crippen LogP contribution < -0.4 is 10.6 Å². The van der Waals surface area contributed by atoms with E-state index in [0.29, 0.717) is 0 Å². The molecule has 1 aromatic rings. The second-order valence-electron chi connectivity index (χ2n) is 6.28. The molecular weight excluding hydrogens is 292 g/mol. The van der Waals surface area contributed by atoms with E-state index in [2.05, 4.69) is 10.6 Å². The second kappa shape index (κ2) is 8.67. The Hall–Kier alpha value is -1.88. The van der Waals surface area contributed by atoms with Gasteiger partial charge in [-0.1, -0.05) is 42.7 Å². The fourth-order valence-electron chi connectivity index (χ4n) is 2.80. The van der Waals surface area contributed by atoms with Crippen molar-refractivity contribution >= 4 is 11.8 Å². The summed E-state index contributed by atoms with van der Waals surface area (Å²) < 4.78 is 0. The summed E-state index contributed by atoms with van der Waals surface area (Å²) in [4.78, 5) is 23.5. The summed E-state index contributed by atoms with van der Waals surface area (Å²) in [6, 6.07) is 7.83. The molecule has 1 atom stereocenters. The number of carbonyl (C=O) groups excluding carboxylic acids is 2. The van der Waals surface area contributed by atoms with Gasteiger partial charge in [-0.2, -0.15) is 0 Å². The predicted molar refractivity (Wildman–Crippen MR) is 88.8 cm³/mol. The number of benzene rings is 1. The molecule has 0 spiro atoms. The first kappa shape index (κ1) is 17.5. The molecule has 5 heteroatoms. The van der Waals surface area contributed by atoms with Crippen LogP contribution in [0.4, 0.5) is 0 Å². The first-order valence-corrected chi connectivity index (χ1v) is 8.35. The van der Waals surface area contributed by atoms with E-state index >= 15 is 0 Å². The zero-order valence-corrected chi connectivity index (χ0v) is 13.7. The monoisotopic (exact) mass is 318 g/mol. The Bertz CT molecular complexity index is 522. The van der Waals surface area contributed by atoms with Crippen molar-refractivity contribution in [3.63, 3.8) is 0 Å². The van der Waals surface area contributed by atoms with E-state index in [0.717, 1.165) is 24.0 Å². The van der Waals surface area contributed by atoms with Crippen molar-refractivity contribution in [1.29, 1.82) is 0 Å². The molecule has 0 saturated heterocycles. The zero-order valence-electron chi connectivity index (χ0n) is 13.7. The average Bonchev–Trinajstić information content (AvgIpc) is 3.04. The van der Waals surface area contributed by atoms with E-state index < -0.39 is 6.10 Å². The number of amides is 2. The van der Waals surface area contributed by atoms with Crippen molar-refractivity contribution in [3.8, 4) is 0 Å². The lowest BCUT2D eigenvalue weighted by molar-refractivity contribution is -0.127. The van der Waals surface area contributed by atoms with Gasteiger partial charge >= 0.3 is 0 Å². The average molecular weight is 318 g/mol. The number of hydrogen-bond donors (Lipinski definition) is 3. The Kier molecular flexibility index (Phi) is 6.59. The van der Waals surface area contributed by atoms with Gasteiger partial charge in [0.25, 0.3) is 0 Å². The van der Waals surface area contributed by atoms with Crippen LogP contribution in [-0.2, 0) is 9.59 Å². The molecule has 1 aliphatic carbocycles. The van der Waals surface area contributed by atoms with Gasteiger partial charge in [0.05, 0.1) is 6.10 Å². The Morgan fingerprint density at radius 3 is 2.39 bits per heavy atom. The summed E-state index contributed by atoms with van der Waals surface area (Å²) in [6.45, 7) is 2.14. The molecule has 2 rings (SSSR count). The molecule has 0 radical (unpaired) electrons. The highest BCUT2D eigenvalue weighted by molar-refractivity contribution is 5.83. The lowest BCUT2D eigenvalue weighted by Crippen LogP contribution is -2.34. The highest BCUT2D eigenvalue weighted by Gasteiger charge is 2.17. The third-order valence-corrected chi connectivity index (χ3v) is 4.25. The summed E-state index contributed by atoms with van der Waals surface area (Å²) in [7, 11) is 0. The number of aryl methyl sites for hydroxylation is 1. The normalized spacial score (nSPS) is 16.1. The summed E-state index contributed by atoms with van der Waals surface area (Å²) in [5.41, 5.74) is 1.90. The summed E-state index contributed by atoms with van der Waals surface area (Å²) >= 11 is 0. The first-order valence-electron chi connectivity index (χ1n) is 8.35. The van der Waals surface area contributed by atoms with Crippen molar-refractivity contribution in [2.75, 3.05) is 6.54 Å². The molecule has 2 amide bonds. The Labute approximate surface area is 137 Å². The number of rotatable bonds is 7. The smallest absolute Gasteiger partial charge is 0.220 e. The third kappa shape index (κ3) is 6.02. The number of aliphatic hydroxyl groups excluding tert-OH is 1. The van der Waals surface area contributed by atoms with E-state index in [1.54, 1.807) is 0 Å². The standard InChI is InChI=1S/C18H26N2O3/c1-13-6-8-14(9-7-13)16(21)12-19-17(22)10-11-18(23)20-15-4-2-3-5-15/h6-9,15-16,21H,2-5,10-12H2,1H3,(H,19,22)(H,20,23). The molecule has 23 heavy (non-hydrogen) atoms. The zero-order chi connectivity index (χ0) is 16.7. The van der Waals surface area contributed by atoms with Crippen LogP contribution >= 0.6 is 0 Å². The lowest BCUT2D eigenvalue weighted by Gasteiger charge is -2.13. The van der Waals surface area contributed by atoms with Crippen LogP contribution in [0, 0.1) is 6.92 Å². The van der Waals surface area contributed by atoms with Crippen LogP contribution in [0.5, 0.6) is 0 Å². The fraction of sp³-hybridized carbons (Fsp3) is 0.556. The van der Waals surface area contributed by atoms with Gasteiger partial charge < -0.3 is 15.7 Å². The van der Waals surface area contributed by atoms with Gasteiger partial charge in [-0.15, -0.1) is 0 Å². The molecule has 3 N–H and O–H groups in total. The van der Waals surface area contributed by atoms with Gasteiger partial charge in [0.1, 0.15) is 0 Å². The number of aliphatic hydroxyl groups is 1. The maximum absolute atomic E-state index is 11.8. The van der Waals surface area contributed by atoms with E-state index in [1.165, 1.54) is 12.8 Å². The minimum atomic E-state index is -0.730. The highest BCUT2D eigenvalue weighted by atomic mass is 16.3. The molecule has 1 aromatic carbocycles.